The largest absolute Gasteiger partial charge is 0.301 e. The Hall–Kier alpha value is -2.73. The number of nitriles is 2. The molecule has 2 atom stereocenters. The number of halogens is 1. The summed E-state index contributed by atoms with van der Waals surface area (Å²) in [5.41, 5.74) is 1.61. The molecule has 0 saturated carbocycles. The third kappa shape index (κ3) is 6.66. The Balaban J connectivity index is 1.40. The van der Waals surface area contributed by atoms with E-state index in [-0.39, 0.29) is 17.7 Å². The summed E-state index contributed by atoms with van der Waals surface area (Å²) in [6.07, 6.45) is 3.66. The van der Waals surface area contributed by atoms with Crippen molar-refractivity contribution in [2.45, 2.75) is 50.9 Å². The second-order valence-corrected chi connectivity index (χ2v) is 9.77. The second kappa shape index (κ2) is 12.7. The van der Waals surface area contributed by atoms with Gasteiger partial charge in [0.15, 0.2) is 0 Å². The summed E-state index contributed by atoms with van der Waals surface area (Å²) in [4.78, 5) is 4.99. The molecular weight excluding hydrogens is 423 g/mol. The molecule has 0 bridgehead atoms. The predicted octanol–water partition coefficient (Wildman–Crippen LogP) is 5.73. The van der Waals surface area contributed by atoms with Gasteiger partial charge in [0.2, 0.25) is 0 Å². The van der Waals surface area contributed by atoms with E-state index in [1.165, 1.54) is 12.1 Å². The summed E-state index contributed by atoms with van der Waals surface area (Å²) in [5.74, 6) is -0.169. The molecule has 34 heavy (non-hydrogen) atoms. The van der Waals surface area contributed by atoms with E-state index in [9.17, 15) is 14.9 Å². The van der Waals surface area contributed by atoms with Crippen LogP contribution in [0.25, 0.3) is 0 Å². The Labute approximate surface area is 204 Å². The lowest BCUT2D eigenvalue weighted by molar-refractivity contribution is 0.127. The molecule has 0 amide bonds. The first-order valence-corrected chi connectivity index (χ1v) is 12.5. The lowest BCUT2D eigenvalue weighted by atomic mass is 9.70. The van der Waals surface area contributed by atoms with E-state index in [0.717, 1.165) is 76.1 Å². The molecule has 180 valence electrons. The average Bonchev–Trinajstić information content (AvgIpc) is 2.86. The van der Waals surface area contributed by atoms with Crippen molar-refractivity contribution in [1.29, 1.82) is 10.5 Å². The van der Waals surface area contributed by atoms with E-state index < -0.39 is 5.41 Å². The van der Waals surface area contributed by atoms with Crippen LogP contribution in [0.3, 0.4) is 0 Å². The van der Waals surface area contributed by atoms with Crippen molar-refractivity contribution in [3.05, 3.63) is 71.5 Å². The molecule has 1 saturated heterocycles. The van der Waals surface area contributed by atoms with Crippen LogP contribution in [0.4, 0.5) is 4.39 Å². The first-order valence-electron chi connectivity index (χ1n) is 12.5. The zero-order valence-corrected chi connectivity index (χ0v) is 20.6. The van der Waals surface area contributed by atoms with Crippen LogP contribution in [0.15, 0.2) is 54.6 Å². The lowest BCUT2D eigenvalue weighted by Crippen LogP contribution is -2.47. The highest BCUT2D eigenvalue weighted by molar-refractivity contribution is 5.33. The van der Waals surface area contributed by atoms with E-state index >= 15 is 0 Å². The smallest absolute Gasteiger partial charge is 0.123 e. The third-order valence-electron chi connectivity index (χ3n) is 7.38. The maximum Gasteiger partial charge on any atom is 0.123 e. The maximum atomic E-state index is 13.1. The van der Waals surface area contributed by atoms with Crippen molar-refractivity contribution in [2.75, 3.05) is 39.3 Å². The van der Waals surface area contributed by atoms with Crippen LogP contribution in [0.2, 0.25) is 0 Å². The molecule has 1 aliphatic rings. The molecule has 1 aliphatic heterocycles. The molecular formula is C29H37FN4. The topological polar surface area (TPSA) is 54.1 Å². The summed E-state index contributed by atoms with van der Waals surface area (Å²) in [5, 5.41) is 19.6. The fraction of sp³-hybridized carbons (Fsp3) is 0.517. The minimum absolute atomic E-state index is 0.173. The van der Waals surface area contributed by atoms with Gasteiger partial charge in [-0.05, 0) is 68.0 Å². The van der Waals surface area contributed by atoms with Gasteiger partial charge in [-0.25, -0.2) is 4.39 Å². The van der Waals surface area contributed by atoms with E-state index in [0.29, 0.717) is 0 Å². The van der Waals surface area contributed by atoms with Crippen molar-refractivity contribution in [3.63, 3.8) is 0 Å². The molecule has 3 rings (SSSR count). The number of piperazine rings is 1. The van der Waals surface area contributed by atoms with Crippen LogP contribution in [-0.2, 0) is 5.41 Å². The third-order valence-corrected chi connectivity index (χ3v) is 7.38. The second-order valence-electron chi connectivity index (χ2n) is 9.77. The van der Waals surface area contributed by atoms with Crippen LogP contribution in [0.1, 0.15) is 56.6 Å². The summed E-state index contributed by atoms with van der Waals surface area (Å²) in [6, 6.07) is 21.6. The Morgan fingerprint density at radius 1 is 0.882 bits per heavy atom. The zero-order valence-electron chi connectivity index (χ0n) is 20.6. The van der Waals surface area contributed by atoms with Crippen LogP contribution in [0.5, 0.6) is 0 Å². The molecule has 1 heterocycles. The molecule has 2 aromatic carbocycles. The Kier molecular flexibility index (Phi) is 9.63. The van der Waals surface area contributed by atoms with E-state index in [1.807, 2.05) is 18.2 Å². The maximum absolute atomic E-state index is 13.1. The van der Waals surface area contributed by atoms with Crippen LogP contribution in [-0.4, -0.2) is 49.1 Å². The minimum Gasteiger partial charge on any atom is -0.301 e. The number of hydrogen-bond acceptors (Lipinski definition) is 4. The SMILES string of the molecule is CC(C)C(C#N)(CCCN1CCN(CCCC(C#N)c2ccc(F)cc2)CC1)c1ccccc1. The molecule has 5 heteroatoms. The van der Waals surface area contributed by atoms with Crippen molar-refractivity contribution in [3.8, 4) is 12.1 Å². The molecule has 4 nitrogen and oxygen atoms in total. The van der Waals surface area contributed by atoms with E-state index in [2.05, 4.69) is 47.9 Å². The van der Waals surface area contributed by atoms with Gasteiger partial charge in [0, 0.05) is 26.2 Å². The summed E-state index contributed by atoms with van der Waals surface area (Å²) >= 11 is 0. The highest BCUT2D eigenvalue weighted by Gasteiger charge is 2.35. The normalized spacial score (nSPS) is 17.6. The van der Waals surface area contributed by atoms with Gasteiger partial charge in [0.25, 0.3) is 0 Å². The van der Waals surface area contributed by atoms with Crippen molar-refractivity contribution >= 4 is 0 Å². The van der Waals surface area contributed by atoms with Gasteiger partial charge in [-0.2, -0.15) is 10.5 Å². The Bertz CT molecular complexity index is 952. The highest BCUT2D eigenvalue weighted by atomic mass is 19.1. The molecule has 0 aromatic heterocycles. The number of rotatable bonds is 11. The molecule has 1 fully saturated rings. The first-order chi connectivity index (χ1) is 16.5. The fourth-order valence-corrected chi connectivity index (χ4v) is 5.09. The number of benzene rings is 2. The van der Waals surface area contributed by atoms with Crippen LogP contribution in [0, 0.1) is 34.4 Å². The molecule has 2 aromatic rings. The average molecular weight is 461 g/mol. The lowest BCUT2D eigenvalue weighted by Gasteiger charge is -2.36. The van der Waals surface area contributed by atoms with Gasteiger partial charge in [-0.15, -0.1) is 0 Å². The molecule has 0 radical (unpaired) electrons. The number of nitrogens with zero attached hydrogens (tertiary/aromatic N) is 4. The van der Waals surface area contributed by atoms with Gasteiger partial charge in [-0.3, -0.25) is 0 Å². The molecule has 2 unspecified atom stereocenters. The predicted molar refractivity (Wildman–Crippen MR) is 135 cm³/mol. The zero-order chi connectivity index (χ0) is 24.4. The fourth-order valence-electron chi connectivity index (χ4n) is 5.09. The molecule has 0 spiro atoms. The summed E-state index contributed by atoms with van der Waals surface area (Å²) in [6.45, 7) is 10.5. The van der Waals surface area contributed by atoms with Crippen LogP contribution >= 0.6 is 0 Å². The van der Waals surface area contributed by atoms with Crippen molar-refractivity contribution < 1.29 is 4.39 Å². The van der Waals surface area contributed by atoms with E-state index in [4.69, 9.17) is 0 Å². The summed E-state index contributed by atoms with van der Waals surface area (Å²) < 4.78 is 13.1. The Morgan fingerprint density at radius 3 is 2.00 bits per heavy atom. The van der Waals surface area contributed by atoms with Gasteiger partial charge in [0.05, 0.1) is 23.5 Å². The molecule has 0 aliphatic carbocycles. The van der Waals surface area contributed by atoms with Gasteiger partial charge in [-0.1, -0.05) is 56.3 Å². The highest BCUT2D eigenvalue weighted by Crippen LogP contribution is 2.36. The number of hydrogen-bond donors (Lipinski definition) is 0. The van der Waals surface area contributed by atoms with Crippen LogP contribution < -0.4 is 0 Å². The quantitative estimate of drug-likeness (QED) is 0.430. The summed E-state index contributed by atoms with van der Waals surface area (Å²) in [7, 11) is 0. The Morgan fingerprint density at radius 2 is 1.47 bits per heavy atom. The van der Waals surface area contributed by atoms with Gasteiger partial charge >= 0.3 is 0 Å². The molecule has 0 N–H and O–H groups in total. The standard InChI is InChI=1S/C29H37FN4/c1-24(2)29(23-32,27-9-4-3-5-10-27)15-7-17-34-20-18-33(19-21-34)16-6-8-26(22-31)25-11-13-28(30)14-12-25/h3-5,9-14,24,26H,6-8,15-21H2,1-2H3. The van der Waals surface area contributed by atoms with E-state index in [1.54, 1.807) is 12.1 Å². The minimum atomic E-state index is -0.426. The van der Waals surface area contributed by atoms with Gasteiger partial charge in [0.1, 0.15) is 5.82 Å². The van der Waals surface area contributed by atoms with Crippen molar-refractivity contribution in [1.82, 2.24) is 9.80 Å². The van der Waals surface area contributed by atoms with Gasteiger partial charge < -0.3 is 9.80 Å². The first kappa shape index (κ1) is 25.9. The monoisotopic (exact) mass is 460 g/mol. The van der Waals surface area contributed by atoms with Crippen molar-refractivity contribution in [2.24, 2.45) is 5.92 Å².